The monoisotopic (exact) mass is 398 g/mol. The summed E-state index contributed by atoms with van der Waals surface area (Å²) in [5.41, 5.74) is 4.22. The third-order valence-electron chi connectivity index (χ3n) is 5.93. The van der Waals surface area contributed by atoms with Crippen molar-refractivity contribution in [3.05, 3.63) is 95.6 Å². The van der Waals surface area contributed by atoms with Gasteiger partial charge in [-0.25, -0.2) is 9.96 Å². The second-order valence-corrected chi connectivity index (χ2v) is 7.82. The zero-order valence-electron chi connectivity index (χ0n) is 16.9. The standard InChI is InChI=1S/C25H22N2O3/c1-16-10-9-11-17(2)21(16)26-24(28)20-22(18-12-5-3-6-13-18)27(30-23(20)25(26)29)19-14-7-4-8-15-19/h3-15,20,22-23H,1-2H3/t20-,22+,23-/m0/s1. The van der Waals surface area contributed by atoms with Crippen LogP contribution >= 0.6 is 0 Å². The number of hydroxylamine groups is 1. The number of aryl methyl sites for hydroxylation is 2. The summed E-state index contributed by atoms with van der Waals surface area (Å²) in [6.45, 7) is 3.84. The van der Waals surface area contributed by atoms with E-state index >= 15 is 0 Å². The van der Waals surface area contributed by atoms with Gasteiger partial charge in [-0.3, -0.25) is 14.4 Å². The van der Waals surface area contributed by atoms with E-state index in [0.717, 1.165) is 22.4 Å². The molecule has 150 valence electrons. The van der Waals surface area contributed by atoms with Crippen LogP contribution in [-0.4, -0.2) is 17.9 Å². The molecule has 3 atom stereocenters. The zero-order chi connectivity index (χ0) is 20.8. The van der Waals surface area contributed by atoms with Crippen LogP contribution in [0.1, 0.15) is 22.7 Å². The predicted octanol–water partition coefficient (Wildman–Crippen LogP) is 4.35. The van der Waals surface area contributed by atoms with Gasteiger partial charge >= 0.3 is 0 Å². The molecule has 5 heteroatoms. The number of nitrogens with zero attached hydrogens (tertiary/aromatic N) is 2. The number of imide groups is 1. The van der Waals surface area contributed by atoms with E-state index < -0.39 is 12.0 Å². The Morgan fingerprint density at radius 3 is 1.97 bits per heavy atom. The highest BCUT2D eigenvalue weighted by molar-refractivity contribution is 6.24. The van der Waals surface area contributed by atoms with Crippen molar-refractivity contribution in [1.29, 1.82) is 0 Å². The Kier molecular flexibility index (Phi) is 4.40. The van der Waals surface area contributed by atoms with E-state index in [2.05, 4.69) is 0 Å². The molecule has 2 aliphatic heterocycles. The number of fused-ring (bicyclic) bond motifs is 1. The summed E-state index contributed by atoms with van der Waals surface area (Å²) in [5.74, 6) is -1.13. The van der Waals surface area contributed by atoms with Gasteiger partial charge in [0.2, 0.25) is 5.91 Å². The number of hydrogen-bond acceptors (Lipinski definition) is 4. The molecule has 0 radical (unpaired) electrons. The fraction of sp³-hybridized carbons (Fsp3) is 0.200. The molecule has 30 heavy (non-hydrogen) atoms. The first-order valence-corrected chi connectivity index (χ1v) is 10.1. The van der Waals surface area contributed by atoms with E-state index in [1.54, 1.807) is 5.06 Å². The van der Waals surface area contributed by atoms with Gasteiger partial charge in [0.1, 0.15) is 5.92 Å². The average molecular weight is 398 g/mol. The number of hydrogen-bond donors (Lipinski definition) is 0. The molecule has 3 aromatic carbocycles. The maximum absolute atomic E-state index is 13.7. The third-order valence-corrected chi connectivity index (χ3v) is 5.93. The van der Waals surface area contributed by atoms with Gasteiger partial charge in [-0.05, 0) is 42.7 Å². The lowest BCUT2D eigenvalue weighted by molar-refractivity contribution is -0.126. The van der Waals surface area contributed by atoms with E-state index in [4.69, 9.17) is 4.84 Å². The van der Waals surface area contributed by atoms with Crippen molar-refractivity contribution in [2.24, 2.45) is 5.92 Å². The molecule has 2 heterocycles. The van der Waals surface area contributed by atoms with E-state index in [0.29, 0.717) is 5.69 Å². The normalized spacial score (nSPS) is 23.2. The maximum Gasteiger partial charge on any atom is 0.266 e. The molecule has 0 N–H and O–H groups in total. The Bertz CT molecular complexity index is 1090. The van der Waals surface area contributed by atoms with E-state index in [-0.39, 0.29) is 17.9 Å². The minimum atomic E-state index is -0.845. The van der Waals surface area contributed by atoms with Gasteiger partial charge in [-0.1, -0.05) is 66.7 Å². The van der Waals surface area contributed by atoms with Crippen LogP contribution in [0, 0.1) is 19.8 Å². The van der Waals surface area contributed by atoms with Crippen LogP contribution in [0.4, 0.5) is 11.4 Å². The molecule has 2 amide bonds. The van der Waals surface area contributed by atoms with Crippen molar-refractivity contribution < 1.29 is 14.4 Å². The van der Waals surface area contributed by atoms with Crippen LogP contribution in [-0.2, 0) is 14.4 Å². The second kappa shape index (κ2) is 7.11. The quantitative estimate of drug-likeness (QED) is 0.616. The molecule has 2 aliphatic rings. The topological polar surface area (TPSA) is 49.9 Å². The SMILES string of the molecule is Cc1cccc(C)c1N1C(=O)[C@@H]2[C@H](ON(c3ccccc3)[C@@H]2c2ccccc2)C1=O. The lowest BCUT2D eigenvalue weighted by Gasteiger charge is -2.29. The molecule has 0 bridgehead atoms. The maximum atomic E-state index is 13.7. The first-order chi connectivity index (χ1) is 14.6. The number of carbonyl (C=O) groups excluding carboxylic acids is 2. The lowest BCUT2D eigenvalue weighted by atomic mass is 9.90. The highest BCUT2D eigenvalue weighted by Gasteiger charge is 2.60. The minimum absolute atomic E-state index is 0.213. The Hall–Kier alpha value is -3.44. The van der Waals surface area contributed by atoms with Crippen LogP contribution < -0.4 is 9.96 Å². The number of rotatable bonds is 3. The second-order valence-electron chi connectivity index (χ2n) is 7.82. The van der Waals surface area contributed by atoms with E-state index in [1.165, 1.54) is 4.90 Å². The van der Waals surface area contributed by atoms with Crippen LogP contribution in [0.25, 0.3) is 0 Å². The Balaban J connectivity index is 1.61. The summed E-state index contributed by atoms with van der Waals surface area (Å²) >= 11 is 0. The van der Waals surface area contributed by atoms with E-state index in [9.17, 15) is 9.59 Å². The average Bonchev–Trinajstić information content (AvgIpc) is 3.27. The van der Waals surface area contributed by atoms with Gasteiger partial charge in [0.05, 0.1) is 17.4 Å². The van der Waals surface area contributed by atoms with Gasteiger partial charge in [0.15, 0.2) is 6.10 Å². The predicted molar refractivity (Wildman–Crippen MR) is 115 cm³/mol. The molecule has 2 saturated heterocycles. The summed E-state index contributed by atoms with van der Waals surface area (Å²) in [6.07, 6.45) is -0.845. The van der Waals surface area contributed by atoms with Crippen LogP contribution in [0.15, 0.2) is 78.9 Å². The van der Waals surface area contributed by atoms with E-state index in [1.807, 2.05) is 92.7 Å². The van der Waals surface area contributed by atoms with Crippen molar-refractivity contribution in [3.8, 4) is 0 Å². The summed E-state index contributed by atoms with van der Waals surface area (Å²) in [4.78, 5) is 34.6. The van der Waals surface area contributed by atoms with Crippen LogP contribution in [0.2, 0.25) is 0 Å². The molecule has 0 saturated carbocycles. The van der Waals surface area contributed by atoms with Crippen molar-refractivity contribution in [3.63, 3.8) is 0 Å². The van der Waals surface area contributed by atoms with Crippen molar-refractivity contribution in [2.45, 2.75) is 26.0 Å². The molecule has 0 aromatic heterocycles. The summed E-state index contributed by atoms with van der Waals surface area (Å²) in [6, 6.07) is 24.8. The summed E-state index contributed by atoms with van der Waals surface area (Å²) < 4.78 is 0. The lowest BCUT2D eigenvalue weighted by Crippen LogP contribution is -2.38. The number of para-hydroxylation sites is 2. The first kappa shape index (κ1) is 18.6. The fourth-order valence-electron chi connectivity index (χ4n) is 4.58. The largest absolute Gasteiger partial charge is 0.273 e. The van der Waals surface area contributed by atoms with Crippen LogP contribution in [0.3, 0.4) is 0 Å². The van der Waals surface area contributed by atoms with Crippen molar-refractivity contribution in [1.82, 2.24) is 0 Å². The highest BCUT2D eigenvalue weighted by Crippen LogP contribution is 2.48. The molecule has 5 rings (SSSR count). The van der Waals surface area contributed by atoms with Gasteiger partial charge in [-0.15, -0.1) is 0 Å². The summed E-state index contributed by atoms with van der Waals surface area (Å²) in [7, 11) is 0. The number of carbonyl (C=O) groups is 2. The van der Waals surface area contributed by atoms with Crippen LogP contribution in [0.5, 0.6) is 0 Å². The van der Waals surface area contributed by atoms with Crippen molar-refractivity contribution in [2.75, 3.05) is 9.96 Å². The first-order valence-electron chi connectivity index (χ1n) is 10.1. The molecular formula is C25H22N2O3. The Morgan fingerprint density at radius 1 is 0.733 bits per heavy atom. The molecule has 2 fully saturated rings. The molecular weight excluding hydrogens is 376 g/mol. The zero-order valence-corrected chi connectivity index (χ0v) is 16.9. The molecule has 5 nitrogen and oxygen atoms in total. The minimum Gasteiger partial charge on any atom is -0.273 e. The molecule has 3 aromatic rings. The van der Waals surface area contributed by atoms with Gasteiger partial charge < -0.3 is 0 Å². The van der Waals surface area contributed by atoms with Gasteiger partial charge in [0.25, 0.3) is 5.91 Å². The summed E-state index contributed by atoms with van der Waals surface area (Å²) in [5, 5.41) is 1.72. The third kappa shape index (κ3) is 2.74. The van der Waals surface area contributed by atoms with Gasteiger partial charge in [0, 0.05) is 0 Å². The molecule has 0 spiro atoms. The Morgan fingerprint density at radius 2 is 1.33 bits per heavy atom. The number of benzene rings is 3. The highest BCUT2D eigenvalue weighted by atomic mass is 16.7. The molecule has 0 unspecified atom stereocenters. The fourth-order valence-corrected chi connectivity index (χ4v) is 4.58. The number of amides is 2. The smallest absolute Gasteiger partial charge is 0.266 e. The number of anilines is 2. The van der Waals surface area contributed by atoms with Gasteiger partial charge in [-0.2, -0.15) is 0 Å². The Labute approximate surface area is 175 Å². The molecule has 0 aliphatic carbocycles. The van der Waals surface area contributed by atoms with Crippen molar-refractivity contribution >= 4 is 23.2 Å².